The van der Waals surface area contributed by atoms with Gasteiger partial charge >= 0.3 is 5.97 Å². The van der Waals surface area contributed by atoms with Crippen LogP contribution in [0.1, 0.15) is 36.3 Å². The fourth-order valence-corrected chi connectivity index (χ4v) is 2.30. The molecule has 0 radical (unpaired) electrons. The van der Waals surface area contributed by atoms with Gasteiger partial charge in [-0.15, -0.1) is 0 Å². The molecule has 0 aliphatic carbocycles. The van der Waals surface area contributed by atoms with E-state index in [2.05, 4.69) is 4.98 Å². The van der Waals surface area contributed by atoms with Gasteiger partial charge in [0.2, 0.25) is 0 Å². The average molecular weight is 289 g/mol. The largest absolute Gasteiger partial charge is 0.497 e. The lowest BCUT2D eigenvalue weighted by Crippen LogP contribution is -2.20. The number of benzene rings is 1. The first-order chi connectivity index (χ1) is 10.1. The summed E-state index contributed by atoms with van der Waals surface area (Å²) in [4.78, 5) is 27.7. The van der Waals surface area contributed by atoms with E-state index in [1.54, 1.807) is 32.2 Å². The molecule has 0 saturated heterocycles. The summed E-state index contributed by atoms with van der Waals surface area (Å²) in [6.07, 6.45) is 1.29. The smallest absolute Gasteiger partial charge is 0.355 e. The molecule has 0 unspecified atom stereocenters. The van der Waals surface area contributed by atoms with Crippen LogP contribution in [0.2, 0.25) is 0 Å². The first kappa shape index (κ1) is 15.1. The van der Waals surface area contributed by atoms with Crippen LogP contribution in [0.25, 0.3) is 10.9 Å². The van der Waals surface area contributed by atoms with Crippen LogP contribution in [0, 0.1) is 0 Å². The number of pyridine rings is 1. The van der Waals surface area contributed by atoms with Gasteiger partial charge in [-0.25, -0.2) is 4.79 Å². The molecule has 0 fully saturated rings. The van der Waals surface area contributed by atoms with Crippen molar-refractivity contribution in [1.82, 2.24) is 4.98 Å². The van der Waals surface area contributed by atoms with Crippen molar-refractivity contribution >= 4 is 16.9 Å². The summed E-state index contributed by atoms with van der Waals surface area (Å²) in [6, 6.07) is 5.16. The third-order valence-corrected chi connectivity index (χ3v) is 3.29. The zero-order chi connectivity index (χ0) is 15.4. The normalized spacial score (nSPS) is 10.6. The maximum Gasteiger partial charge on any atom is 0.355 e. The minimum absolute atomic E-state index is 0.146. The topological polar surface area (TPSA) is 68.4 Å². The van der Waals surface area contributed by atoms with E-state index in [1.165, 1.54) is 0 Å². The van der Waals surface area contributed by atoms with Gasteiger partial charge < -0.3 is 14.5 Å². The predicted molar refractivity (Wildman–Crippen MR) is 81.1 cm³/mol. The maximum absolute atomic E-state index is 12.6. The number of nitrogens with one attached hydrogen (secondary N) is 1. The van der Waals surface area contributed by atoms with Gasteiger partial charge in [-0.1, -0.05) is 13.3 Å². The molecule has 0 aliphatic heterocycles. The van der Waals surface area contributed by atoms with E-state index in [-0.39, 0.29) is 17.7 Å². The number of methoxy groups -OCH3 is 1. The molecule has 5 heteroatoms. The lowest BCUT2D eigenvalue weighted by atomic mass is 10.0. The number of hydrogen-bond donors (Lipinski definition) is 1. The maximum atomic E-state index is 12.6. The lowest BCUT2D eigenvalue weighted by Gasteiger charge is -2.10. The van der Waals surface area contributed by atoms with Crippen molar-refractivity contribution in [3.05, 3.63) is 39.7 Å². The molecule has 1 heterocycles. The number of aromatic nitrogens is 1. The van der Waals surface area contributed by atoms with Crippen molar-refractivity contribution in [3.63, 3.8) is 0 Å². The first-order valence-electron chi connectivity index (χ1n) is 7.02. The summed E-state index contributed by atoms with van der Waals surface area (Å²) >= 11 is 0. The Morgan fingerprint density at radius 1 is 1.29 bits per heavy atom. The van der Waals surface area contributed by atoms with Crippen molar-refractivity contribution in [3.8, 4) is 5.75 Å². The second-order valence-electron chi connectivity index (χ2n) is 4.69. The van der Waals surface area contributed by atoms with Crippen LogP contribution in [-0.2, 0) is 11.2 Å². The summed E-state index contributed by atoms with van der Waals surface area (Å²) in [5.41, 5.74) is 1.18. The zero-order valence-corrected chi connectivity index (χ0v) is 12.5. The molecule has 2 aromatic rings. The highest BCUT2D eigenvalue weighted by molar-refractivity contribution is 5.93. The Hall–Kier alpha value is -2.30. The Balaban J connectivity index is 2.71. The van der Waals surface area contributed by atoms with Crippen LogP contribution in [0.3, 0.4) is 0 Å². The van der Waals surface area contributed by atoms with Gasteiger partial charge in [0.1, 0.15) is 11.4 Å². The second-order valence-corrected chi connectivity index (χ2v) is 4.69. The summed E-state index contributed by atoms with van der Waals surface area (Å²) in [6.45, 7) is 3.97. The number of fused-ring (bicyclic) bond motifs is 1. The van der Waals surface area contributed by atoms with Gasteiger partial charge in [0.05, 0.1) is 19.2 Å². The van der Waals surface area contributed by atoms with Crippen LogP contribution in [0.5, 0.6) is 5.75 Å². The Labute approximate surface area is 122 Å². The van der Waals surface area contributed by atoms with Crippen molar-refractivity contribution in [2.24, 2.45) is 0 Å². The molecule has 0 amide bonds. The van der Waals surface area contributed by atoms with Gasteiger partial charge in [0.25, 0.3) is 0 Å². The van der Waals surface area contributed by atoms with E-state index < -0.39 is 5.97 Å². The van der Waals surface area contributed by atoms with Gasteiger partial charge in [0.15, 0.2) is 5.43 Å². The molecule has 0 bridgehead atoms. The average Bonchev–Trinajstić information content (AvgIpc) is 2.49. The van der Waals surface area contributed by atoms with Crippen molar-refractivity contribution in [2.45, 2.75) is 26.7 Å². The summed E-state index contributed by atoms with van der Waals surface area (Å²) in [7, 11) is 1.55. The highest BCUT2D eigenvalue weighted by Gasteiger charge is 2.18. The van der Waals surface area contributed by atoms with E-state index in [0.29, 0.717) is 28.6 Å². The number of H-pyrrole nitrogens is 1. The van der Waals surface area contributed by atoms with Crippen LogP contribution in [-0.4, -0.2) is 24.7 Å². The molecule has 112 valence electrons. The van der Waals surface area contributed by atoms with Crippen molar-refractivity contribution in [1.29, 1.82) is 0 Å². The molecule has 0 saturated carbocycles. The van der Waals surface area contributed by atoms with Crippen LogP contribution in [0.4, 0.5) is 0 Å². The monoisotopic (exact) mass is 289 g/mol. The molecule has 5 nitrogen and oxygen atoms in total. The quantitative estimate of drug-likeness (QED) is 0.859. The molecule has 1 aromatic heterocycles. The molecule has 0 spiro atoms. The molecule has 1 aromatic carbocycles. The highest BCUT2D eigenvalue weighted by atomic mass is 16.5. The molecule has 0 aliphatic rings. The number of carbonyl (C=O) groups excluding carboxylic acids is 1. The summed E-state index contributed by atoms with van der Waals surface area (Å²) < 4.78 is 10.2. The number of carbonyl (C=O) groups is 1. The Morgan fingerprint density at radius 3 is 2.67 bits per heavy atom. The highest BCUT2D eigenvalue weighted by Crippen LogP contribution is 2.19. The van der Waals surface area contributed by atoms with E-state index in [4.69, 9.17) is 9.47 Å². The van der Waals surface area contributed by atoms with E-state index >= 15 is 0 Å². The molecular formula is C16H19NO4. The predicted octanol–water partition coefficient (Wildman–Crippen LogP) is 2.67. The first-order valence-corrected chi connectivity index (χ1v) is 7.02. The Morgan fingerprint density at radius 2 is 2.05 bits per heavy atom. The minimum Gasteiger partial charge on any atom is -0.497 e. The fourth-order valence-electron chi connectivity index (χ4n) is 2.30. The SMILES string of the molecule is CCCc1c(C(=O)OCC)[nH]c2ccc(OC)cc2c1=O. The van der Waals surface area contributed by atoms with Gasteiger partial charge in [0, 0.05) is 10.9 Å². The number of esters is 1. The van der Waals surface area contributed by atoms with Crippen molar-refractivity contribution in [2.75, 3.05) is 13.7 Å². The number of aromatic amines is 1. The Kier molecular flexibility index (Phi) is 4.62. The van der Waals surface area contributed by atoms with Gasteiger partial charge in [-0.2, -0.15) is 0 Å². The summed E-state index contributed by atoms with van der Waals surface area (Å²) in [5, 5.41) is 0.519. The lowest BCUT2D eigenvalue weighted by molar-refractivity contribution is 0.0518. The van der Waals surface area contributed by atoms with E-state index in [0.717, 1.165) is 6.42 Å². The van der Waals surface area contributed by atoms with Gasteiger partial charge in [-0.05, 0) is 31.5 Å². The fraction of sp³-hybridized carbons (Fsp3) is 0.375. The van der Waals surface area contributed by atoms with E-state index in [9.17, 15) is 9.59 Å². The number of ether oxygens (including phenoxy) is 2. The molecule has 0 atom stereocenters. The van der Waals surface area contributed by atoms with Crippen LogP contribution < -0.4 is 10.2 Å². The van der Waals surface area contributed by atoms with Crippen molar-refractivity contribution < 1.29 is 14.3 Å². The molecule has 2 rings (SSSR count). The molecule has 21 heavy (non-hydrogen) atoms. The summed E-state index contributed by atoms with van der Waals surface area (Å²) in [5.74, 6) is 0.120. The molecular weight excluding hydrogens is 270 g/mol. The van der Waals surface area contributed by atoms with Crippen LogP contribution in [0.15, 0.2) is 23.0 Å². The third-order valence-electron chi connectivity index (χ3n) is 3.29. The van der Waals surface area contributed by atoms with E-state index in [1.807, 2.05) is 6.92 Å². The second kappa shape index (κ2) is 6.43. The number of rotatable bonds is 5. The minimum atomic E-state index is -0.490. The number of hydrogen-bond acceptors (Lipinski definition) is 4. The zero-order valence-electron chi connectivity index (χ0n) is 12.5. The Bertz CT molecular complexity index is 718. The molecule has 1 N–H and O–H groups in total. The standard InChI is InChI=1S/C16H19NO4/c1-4-6-11-14(16(19)21-5-2)17-13-8-7-10(20-3)9-12(13)15(11)18/h7-9H,4-6H2,1-3H3,(H,17,18). The van der Waals surface area contributed by atoms with Gasteiger partial charge in [-0.3, -0.25) is 4.79 Å². The third kappa shape index (κ3) is 2.91. The van der Waals surface area contributed by atoms with Crippen LogP contribution >= 0.6 is 0 Å².